The van der Waals surface area contributed by atoms with Crippen LogP contribution in [0.1, 0.15) is 38.7 Å². The van der Waals surface area contributed by atoms with Crippen LogP contribution in [0.25, 0.3) is 0 Å². The molecule has 2 unspecified atom stereocenters. The summed E-state index contributed by atoms with van der Waals surface area (Å²) in [5, 5.41) is 6.52. The lowest BCUT2D eigenvalue weighted by molar-refractivity contribution is -0.122. The first kappa shape index (κ1) is 19.6. The van der Waals surface area contributed by atoms with E-state index in [-0.39, 0.29) is 11.9 Å². The van der Waals surface area contributed by atoms with Gasteiger partial charge >= 0.3 is 0 Å². The van der Waals surface area contributed by atoms with Gasteiger partial charge in [-0.2, -0.15) is 0 Å². The van der Waals surface area contributed by atoms with Gasteiger partial charge in [-0.3, -0.25) is 4.79 Å². The lowest BCUT2D eigenvalue weighted by atomic mass is 9.84. The van der Waals surface area contributed by atoms with Crippen molar-refractivity contribution in [3.05, 3.63) is 23.8 Å². The number of rotatable bonds is 8. The molecule has 140 valence electrons. The van der Waals surface area contributed by atoms with Crippen molar-refractivity contribution in [2.24, 2.45) is 11.8 Å². The maximum Gasteiger partial charge on any atom is 0.220 e. The summed E-state index contributed by atoms with van der Waals surface area (Å²) in [6.45, 7) is 6.40. The molecule has 1 heterocycles. The molecule has 1 saturated heterocycles. The largest absolute Gasteiger partial charge is 0.493 e. The number of methoxy groups -OCH3 is 2. The lowest BCUT2D eigenvalue weighted by Gasteiger charge is -2.28. The highest BCUT2D eigenvalue weighted by atomic mass is 16.5. The zero-order valence-electron chi connectivity index (χ0n) is 15.9. The fourth-order valence-corrected chi connectivity index (χ4v) is 3.62. The molecule has 1 amide bonds. The number of ether oxygens (including phenoxy) is 2. The maximum absolute atomic E-state index is 12.3. The predicted octanol–water partition coefficient (Wildman–Crippen LogP) is 2.78. The number of hydrogen-bond donors (Lipinski definition) is 2. The molecule has 1 aliphatic heterocycles. The molecule has 0 aliphatic carbocycles. The van der Waals surface area contributed by atoms with Gasteiger partial charge in [-0.05, 0) is 68.8 Å². The molecule has 0 radical (unpaired) electrons. The van der Waals surface area contributed by atoms with Crippen LogP contribution in [-0.2, 0) is 11.2 Å². The molecule has 1 aromatic carbocycles. The second-order valence-electron chi connectivity index (χ2n) is 7.13. The molecule has 0 bridgehead atoms. The molecule has 1 fully saturated rings. The van der Waals surface area contributed by atoms with Crippen molar-refractivity contribution in [1.29, 1.82) is 0 Å². The molecule has 2 N–H and O–H groups in total. The average molecular weight is 348 g/mol. The fraction of sp³-hybridized carbons (Fsp3) is 0.650. The Morgan fingerprint density at radius 2 is 1.88 bits per heavy atom. The number of nitrogens with one attached hydrogen (secondary N) is 2. The van der Waals surface area contributed by atoms with Crippen molar-refractivity contribution in [3.63, 3.8) is 0 Å². The van der Waals surface area contributed by atoms with Gasteiger partial charge in [-0.1, -0.05) is 13.0 Å². The van der Waals surface area contributed by atoms with Gasteiger partial charge in [0.1, 0.15) is 0 Å². The molecule has 1 aliphatic rings. The van der Waals surface area contributed by atoms with Crippen LogP contribution in [0.15, 0.2) is 18.2 Å². The van der Waals surface area contributed by atoms with Crippen molar-refractivity contribution in [1.82, 2.24) is 10.6 Å². The molecule has 2 atom stereocenters. The average Bonchev–Trinajstić information content (AvgIpc) is 2.62. The molecule has 5 nitrogen and oxygen atoms in total. The van der Waals surface area contributed by atoms with Crippen molar-refractivity contribution in [3.8, 4) is 11.5 Å². The summed E-state index contributed by atoms with van der Waals surface area (Å²) >= 11 is 0. The summed E-state index contributed by atoms with van der Waals surface area (Å²) in [5.41, 5.74) is 1.12. The monoisotopic (exact) mass is 348 g/mol. The first-order valence-corrected chi connectivity index (χ1v) is 9.24. The normalized spacial score (nSPS) is 17.6. The molecule has 0 saturated carbocycles. The van der Waals surface area contributed by atoms with E-state index in [4.69, 9.17) is 9.47 Å². The van der Waals surface area contributed by atoms with Crippen LogP contribution < -0.4 is 20.1 Å². The van der Waals surface area contributed by atoms with Gasteiger partial charge in [0, 0.05) is 12.5 Å². The number of piperidine rings is 1. The molecule has 0 aromatic heterocycles. The zero-order chi connectivity index (χ0) is 18.2. The Bertz CT molecular complexity index is 556. The summed E-state index contributed by atoms with van der Waals surface area (Å²) < 4.78 is 10.6. The van der Waals surface area contributed by atoms with E-state index in [1.165, 1.54) is 12.8 Å². The molecular weight excluding hydrogens is 316 g/mol. The molecule has 5 heteroatoms. The van der Waals surface area contributed by atoms with E-state index in [0.29, 0.717) is 18.3 Å². The van der Waals surface area contributed by atoms with Crippen LogP contribution >= 0.6 is 0 Å². The molecule has 1 aromatic rings. The van der Waals surface area contributed by atoms with E-state index in [1.54, 1.807) is 14.2 Å². The smallest absolute Gasteiger partial charge is 0.220 e. The fourth-order valence-electron chi connectivity index (χ4n) is 3.62. The van der Waals surface area contributed by atoms with Gasteiger partial charge in [0.15, 0.2) is 11.5 Å². The van der Waals surface area contributed by atoms with E-state index >= 15 is 0 Å². The quantitative estimate of drug-likeness (QED) is 0.758. The Morgan fingerprint density at radius 3 is 2.52 bits per heavy atom. The van der Waals surface area contributed by atoms with Crippen LogP contribution in [-0.4, -0.2) is 39.3 Å². The highest BCUT2D eigenvalue weighted by Gasteiger charge is 2.22. The SMILES string of the molecule is COc1ccc(CC(C)NC(=O)CC(C)C2CCNCC2)cc1OC. The first-order chi connectivity index (χ1) is 12.0. The number of carbonyl (C=O) groups excluding carboxylic acids is 1. The van der Waals surface area contributed by atoms with E-state index < -0.39 is 0 Å². The number of benzene rings is 1. The Kier molecular flexibility index (Phi) is 7.56. The minimum Gasteiger partial charge on any atom is -0.493 e. The van der Waals surface area contributed by atoms with Gasteiger partial charge in [-0.25, -0.2) is 0 Å². The summed E-state index contributed by atoms with van der Waals surface area (Å²) in [6.07, 6.45) is 3.74. The Balaban J connectivity index is 1.82. The number of amides is 1. The third-order valence-corrected chi connectivity index (χ3v) is 5.09. The predicted molar refractivity (Wildman–Crippen MR) is 100 cm³/mol. The molecule has 2 rings (SSSR count). The Morgan fingerprint density at radius 1 is 1.20 bits per heavy atom. The maximum atomic E-state index is 12.3. The van der Waals surface area contributed by atoms with Crippen LogP contribution in [0.2, 0.25) is 0 Å². The van der Waals surface area contributed by atoms with E-state index in [9.17, 15) is 4.79 Å². The van der Waals surface area contributed by atoms with Crippen LogP contribution in [0.4, 0.5) is 0 Å². The van der Waals surface area contributed by atoms with Crippen LogP contribution in [0, 0.1) is 11.8 Å². The summed E-state index contributed by atoms with van der Waals surface area (Å²) in [7, 11) is 3.26. The number of hydrogen-bond acceptors (Lipinski definition) is 4. The minimum atomic E-state index is 0.0887. The summed E-state index contributed by atoms with van der Waals surface area (Å²) in [4.78, 5) is 12.3. The van der Waals surface area contributed by atoms with E-state index in [2.05, 4.69) is 17.6 Å². The van der Waals surface area contributed by atoms with Gasteiger partial charge in [-0.15, -0.1) is 0 Å². The van der Waals surface area contributed by atoms with Gasteiger partial charge in [0.2, 0.25) is 5.91 Å². The number of carbonyl (C=O) groups is 1. The summed E-state index contributed by atoms with van der Waals surface area (Å²) in [6, 6.07) is 5.98. The second kappa shape index (κ2) is 9.66. The lowest BCUT2D eigenvalue weighted by Crippen LogP contribution is -2.37. The molecular formula is C20H32N2O3. The topological polar surface area (TPSA) is 59.6 Å². The Hall–Kier alpha value is -1.75. The summed E-state index contributed by atoms with van der Waals surface area (Å²) in [5.74, 6) is 2.69. The van der Waals surface area contributed by atoms with Crippen LogP contribution in [0.5, 0.6) is 11.5 Å². The second-order valence-corrected chi connectivity index (χ2v) is 7.13. The Labute approximate surface area is 151 Å². The van der Waals surface area contributed by atoms with Crippen molar-refractivity contribution in [2.45, 2.75) is 45.6 Å². The molecule has 25 heavy (non-hydrogen) atoms. The third-order valence-electron chi connectivity index (χ3n) is 5.09. The highest BCUT2D eigenvalue weighted by molar-refractivity contribution is 5.76. The van der Waals surface area contributed by atoms with Gasteiger partial charge < -0.3 is 20.1 Å². The zero-order valence-corrected chi connectivity index (χ0v) is 15.9. The van der Waals surface area contributed by atoms with E-state index in [0.717, 1.165) is 36.6 Å². The van der Waals surface area contributed by atoms with Gasteiger partial charge in [0.05, 0.1) is 14.2 Å². The van der Waals surface area contributed by atoms with Crippen molar-refractivity contribution < 1.29 is 14.3 Å². The van der Waals surface area contributed by atoms with Crippen molar-refractivity contribution in [2.75, 3.05) is 27.3 Å². The minimum absolute atomic E-state index is 0.0887. The van der Waals surface area contributed by atoms with Crippen molar-refractivity contribution >= 4 is 5.91 Å². The standard InChI is InChI=1S/C20H32N2O3/c1-14(17-7-9-21-10-8-17)11-20(23)22-15(2)12-16-5-6-18(24-3)19(13-16)25-4/h5-6,13-15,17,21H,7-12H2,1-4H3,(H,22,23). The van der Waals surface area contributed by atoms with Crippen LogP contribution in [0.3, 0.4) is 0 Å². The third kappa shape index (κ3) is 5.92. The highest BCUT2D eigenvalue weighted by Crippen LogP contribution is 2.28. The van der Waals surface area contributed by atoms with Gasteiger partial charge in [0.25, 0.3) is 0 Å². The van der Waals surface area contributed by atoms with E-state index in [1.807, 2.05) is 25.1 Å². The first-order valence-electron chi connectivity index (χ1n) is 9.24. The molecule has 0 spiro atoms.